The Morgan fingerprint density at radius 1 is 0.622 bits per heavy atom. The summed E-state index contributed by atoms with van der Waals surface area (Å²) in [5.74, 6) is 0. The van der Waals surface area contributed by atoms with Gasteiger partial charge in [-0.1, -0.05) is 116 Å². The lowest BCUT2D eigenvalue weighted by Crippen LogP contribution is -2.15. The third-order valence-electron chi connectivity index (χ3n) is 8.81. The number of allylic oxidation sites excluding steroid dienone is 4. The Kier molecular flexibility index (Phi) is 6.54. The molecule has 0 saturated carbocycles. The zero-order valence-corrected chi connectivity index (χ0v) is 25.2. The van der Waals surface area contributed by atoms with E-state index in [0.29, 0.717) is 0 Å². The SMILES string of the molecule is C=C/C(=C\C=C/C)N(c1ccccc1)c1ccc(-n2c(-c3ccccc3)cc3c4cccc5ccc6cccc(c6c54)c32)cc1. The van der Waals surface area contributed by atoms with Crippen LogP contribution in [0.3, 0.4) is 0 Å². The minimum Gasteiger partial charge on any atom is -0.311 e. The van der Waals surface area contributed by atoms with Gasteiger partial charge in [0.25, 0.3) is 0 Å². The van der Waals surface area contributed by atoms with Gasteiger partial charge in [-0.25, -0.2) is 0 Å². The molecule has 7 aromatic carbocycles. The second-order valence-corrected chi connectivity index (χ2v) is 11.4. The molecule has 2 nitrogen and oxygen atoms in total. The molecule has 45 heavy (non-hydrogen) atoms. The molecule has 0 saturated heterocycles. The molecule has 0 fully saturated rings. The normalized spacial score (nSPS) is 12.2. The molecule has 8 rings (SSSR count). The Morgan fingerprint density at radius 3 is 1.91 bits per heavy atom. The van der Waals surface area contributed by atoms with Crippen LogP contribution in [0.4, 0.5) is 11.4 Å². The number of nitrogens with zero attached hydrogens (tertiary/aromatic N) is 2. The Balaban J connectivity index is 1.41. The number of anilines is 2. The molecular weight excluding hydrogens is 544 g/mol. The van der Waals surface area contributed by atoms with Gasteiger partial charge in [-0.2, -0.15) is 0 Å². The van der Waals surface area contributed by atoms with Crippen LogP contribution >= 0.6 is 0 Å². The first kappa shape index (κ1) is 26.7. The van der Waals surface area contributed by atoms with Gasteiger partial charge in [-0.15, -0.1) is 0 Å². The molecule has 0 radical (unpaired) electrons. The lowest BCUT2D eigenvalue weighted by molar-refractivity contribution is 1.13. The number of hydrogen-bond acceptors (Lipinski definition) is 1. The van der Waals surface area contributed by atoms with E-state index in [1.165, 1.54) is 54.5 Å². The first-order valence-electron chi connectivity index (χ1n) is 15.4. The van der Waals surface area contributed by atoms with E-state index >= 15 is 0 Å². The molecule has 0 bridgehead atoms. The van der Waals surface area contributed by atoms with E-state index in [1.807, 2.05) is 25.1 Å². The van der Waals surface area contributed by atoms with Crippen molar-refractivity contribution in [2.24, 2.45) is 0 Å². The van der Waals surface area contributed by atoms with Crippen molar-refractivity contribution in [1.82, 2.24) is 4.57 Å². The quantitative estimate of drug-likeness (QED) is 0.135. The van der Waals surface area contributed by atoms with Crippen LogP contribution in [0.5, 0.6) is 0 Å². The maximum absolute atomic E-state index is 4.14. The highest BCUT2D eigenvalue weighted by Crippen LogP contribution is 2.44. The zero-order chi connectivity index (χ0) is 30.3. The number of aromatic nitrogens is 1. The Morgan fingerprint density at radius 2 is 1.24 bits per heavy atom. The topological polar surface area (TPSA) is 8.17 Å². The van der Waals surface area contributed by atoms with Crippen molar-refractivity contribution in [3.8, 4) is 16.9 Å². The van der Waals surface area contributed by atoms with Crippen molar-refractivity contribution in [3.63, 3.8) is 0 Å². The van der Waals surface area contributed by atoms with E-state index < -0.39 is 0 Å². The number of fused-ring (bicyclic) bond motifs is 3. The molecule has 0 spiro atoms. The van der Waals surface area contributed by atoms with Gasteiger partial charge in [-0.3, -0.25) is 0 Å². The fourth-order valence-electron chi connectivity index (χ4n) is 6.85. The molecule has 0 N–H and O–H groups in total. The third-order valence-corrected chi connectivity index (χ3v) is 8.81. The number of benzene rings is 7. The molecule has 0 aliphatic carbocycles. The third kappa shape index (κ3) is 4.34. The molecule has 214 valence electrons. The summed E-state index contributed by atoms with van der Waals surface area (Å²) in [5, 5.41) is 9.05. The Hall–Kier alpha value is -5.86. The molecule has 0 amide bonds. The fourth-order valence-corrected chi connectivity index (χ4v) is 6.85. The van der Waals surface area contributed by atoms with Crippen LogP contribution in [0.2, 0.25) is 0 Å². The van der Waals surface area contributed by atoms with Crippen LogP contribution < -0.4 is 4.90 Å². The summed E-state index contributed by atoms with van der Waals surface area (Å²) in [6, 6.07) is 50.4. The lowest BCUT2D eigenvalue weighted by atomic mass is 9.92. The van der Waals surface area contributed by atoms with Gasteiger partial charge < -0.3 is 9.47 Å². The first-order chi connectivity index (χ1) is 22.3. The van der Waals surface area contributed by atoms with E-state index in [9.17, 15) is 0 Å². The van der Waals surface area contributed by atoms with Gasteiger partial charge in [0.1, 0.15) is 0 Å². The molecule has 1 heterocycles. The second kappa shape index (κ2) is 11.0. The van der Waals surface area contributed by atoms with Gasteiger partial charge in [0.2, 0.25) is 0 Å². The summed E-state index contributed by atoms with van der Waals surface area (Å²) in [6.45, 7) is 6.17. The summed E-state index contributed by atoms with van der Waals surface area (Å²) in [5.41, 5.74) is 7.88. The predicted octanol–water partition coefficient (Wildman–Crippen LogP) is 12.0. The highest BCUT2D eigenvalue weighted by atomic mass is 15.1. The molecule has 1 aromatic heterocycles. The zero-order valence-electron chi connectivity index (χ0n) is 25.2. The van der Waals surface area contributed by atoms with Crippen molar-refractivity contribution in [1.29, 1.82) is 0 Å². The maximum atomic E-state index is 4.14. The summed E-state index contributed by atoms with van der Waals surface area (Å²) in [7, 11) is 0. The summed E-state index contributed by atoms with van der Waals surface area (Å²) < 4.78 is 2.45. The van der Waals surface area contributed by atoms with Crippen LogP contribution in [-0.2, 0) is 0 Å². The number of rotatable bonds is 7. The standard InChI is InChI=1S/C43H32N2/c1-3-5-18-33(4-2)44(34-19-10-7-11-20-34)35-25-27-36(28-26-35)45-40(30-14-8-6-9-15-30)29-39-37-21-12-16-31-23-24-32-17-13-22-38(43(39)45)42(32)41(31)37/h3-29H,2H2,1H3/b5-3-,33-18+. The largest absolute Gasteiger partial charge is 0.311 e. The number of para-hydroxylation sites is 1. The van der Waals surface area contributed by atoms with Crippen LogP contribution in [0, 0.1) is 0 Å². The van der Waals surface area contributed by atoms with Crippen LogP contribution in [0.25, 0.3) is 60.2 Å². The molecule has 2 heteroatoms. The predicted molar refractivity (Wildman–Crippen MR) is 194 cm³/mol. The molecule has 8 aromatic rings. The minimum absolute atomic E-state index is 1.01. The minimum atomic E-state index is 1.01. The van der Waals surface area contributed by atoms with E-state index in [-0.39, 0.29) is 0 Å². The lowest BCUT2D eigenvalue weighted by Gasteiger charge is -2.26. The molecular formula is C43H32N2. The Labute approximate surface area is 263 Å². The smallest absolute Gasteiger partial charge is 0.0620 e. The average molecular weight is 577 g/mol. The fraction of sp³-hybridized carbons (Fsp3) is 0.0233. The van der Waals surface area contributed by atoms with E-state index in [1.54, 1.807) is 0 Å². The van der Waals surface area contributed by atoms with Crippen LogP contribution in [-0.4, -0.2) is 4.57 Å². The molecule has 0 unspecified atom stereocenters. The van der Waals surface area contributed by atoms with Gasteiger partial charge in [0, 0.05) is 33.5 Å². The van der Waals surface area contributed by atoms with E-state index in [2.05, 4.69) is 162 Å². The molecule has 0 aliphatic rings. The van der Waals surface area contributed by atoms with E-state index in [4.69, 9.17) is 0 Å². The second-order valence-electron chi connectivity index (χ2n) is 11.4. The van der Waals surface area contributed by atoms with Gasteiger partial charge in [0.15, 0.2) is 0 Å². The summed E-state index contributed by atoms with van der Waals surface area (Å²) in [4.78, 5) is 2.25. The van der Waals surface area contributed by atoms with Crippen molar-refractivity contribution in [3.05, 3.63) is 176 Å². The summed E-state index contributed by atoms with van der Waals surface area (Å²) in [6.07, 6.45) is 8.10. The summed E-state index contributed by atoms with van der Waals surface area (Å²) >= 11 is 0. The average Bonchev–Trinajstić information content (AvgIpc) is 3.51. The van der Waals surface area contributed by atoms with Crippen molar-refractivity contribution in [2.75, 3.05) is 4.90 Å². The van der Waals surface area contributed by atoms with Gasteiger partial charge in [0.05, 0.1) is 11.2 Å². The molecule has 0 atom stereocenters. The van der Waals surface area contributed by atoms with Crippen molar-refractivity contribution >= 4 is 54.6 Å². The first-order valence-corrected chi connectivity index (χ1v) is 15.4. The highest BCUT2D eigenvalue weighted by molar-refractivity contribution is 6.33. The molecule has 0 aliphatic heterocycles. The monoisotopic (exact) mass is 576 g/mol. The Bertz CT molecular complexity index is 2370. The van der Waals surface area contributed by atoms with Crippen molar-refractivity contribution < 1.29 is 0 Å². The van der Waals surface area contributed by atoms with Crippen LogP contribution in [0.15, 0.2) is 176 Å². The van der Waals surface area contributed by atoms with Crippen molar-refractivity contribution in [2.45, 2.75) is 6.92 Å². The maximum Gasteiger partial charge on any atom is 0.0620 e. The van der Waals surface area contributed by atoms with Crippen LogP contribution in [0.1, 0.15) is 6.92 Å². The van der Waals surface area contributed by atoms with Gasteiger partial charge >= 0.3 is 0 Å². The highest BCUT2D eigenvalue weighted by Gasteiger charge is 2.21. The van der Waals surface area contributed by atoms with E-state index in [0.717, 1.165) is 22.8 Å². The van der Waals surface area contributed by atoms with Gasteiger partial charge in [-0.05, 0) is 94.0 Å². The number of hydrogen-bond donors (Lipinski definition) is 0.